The van der Waals surface area contributed by atoms with Crippen molar-refractivity contribution in [1.82, 2.24) is 10.3 Å². The summed E-state index contributed by atoms with van der Waals surface area (Å²) in [4.78, 5) is 15.7. The molecule has 17 heavy (non-hydrogen) atoms. The highest BCUT2D eigenvalue weighted by atomic mass is 16.3. The maximum atomic E-state index is 11.5. The number of carbonyl (C=O) groups is 1. The lowest BCUT2D eigenvalue weighted by molar-refractivity contribution is -0.122. The number of benzene rings is 1. The monoisotopic (exact) mass is 232 g/mol. The van der Waals surface area contributed by atoms with Gasteiger partial charge in [-0.25, -0.2) is 4.98 Å². The van der Waals surface area contributed by atoms with E-state index in [0.29, 0.717) is 24.8 Å². The Balaban J connectivity index is 1.97. The molecular weight excluding hydrogens is 216 g/mol. The van der Waals surface area contributed by atoms with Gasteiger partial charge in [0.15, 0.2) is 5.58 Å². The second kappa shape index (κ2) is 4.99. The molecule has 0 spiro atoms. The summed E-state index contributed by atoms with van der Waals surface area (Å²) in [5.74, 6) is 0.934. The minimum absolute atomic E-state index is 0.0299. The molecule has 0 fully saturated rings. The van der Waals surface area contributed by atoms with E-state index in [-0.39, 0.29) is 5.91 Å². The van der Waals surface area contributed by atoms with Crippen LogP contribution in [0.1, 0.15) is 26.2 Å². The van der Waals surface area contributed by atoms with Crippen LogP contribution in [0.3, 0.4) is 0 Å². The summed E-state index contributed by atoms with van der Waals surface area (Å²) in [6.45, 7) is 4.37. The van der Waals surface area contributed by atoms with Gasteiger partial charge < -0.3 is 9.73 Å². The summed E-state index contributed by atoms with van der Waals surface area (Å²) < 4.78 is 5.50. The van der Waals surface area contributed by atoms with Gasteiger partial charge in [0.25, 0.3) is 0 Å². The summed E-state index contributed by atoms with van der Waals surface area (Å²) >= 11 is 0. The van der Waals surface area contributed by atoms with Crippen LogP contribution < -0.4 is 5.32 Å². The molecule has 0 aliphatic carbocycles. The van der Waals surface area contributed by atoms with Crippen LogP contribution in [0.25, 0.3) is 11.1 Å². The molecule has 0 saturated carbocycles. The second-order valence-corrected chi connectivity index (χ2v) is 4.45. The molecule has 2 aromatic rings. The minimum atomic E-state index is 0.0299. The summed E-state index contributed by atoms with van der Waals surface area (Å²) in [5, 5.41) is 2.80. The van der Waals surface area contributed by atoms with E-state index in [1.807, 2.05) is 38.1 Å². The first-order valence-corrected chi connectivity index (χ1v) is 5.76. The van der Waals surface area contributed by atoms with Gasteiger partial charge in [-0.05, 0) is 18.1 Å². The van der Waals surface area contributed by atoms with Gasteiger partial charge in [0.05, 0.1) is 6.54 Å². The number of nitrogens with one attached hydrogen (secondary N) is 1. The molecular formula is C13H16N2O2. The first kappa shape index (κ1) is 11.6. The molecule has 0 bridgehead atoms. The first-order valence-electron chi connectivity index (χ1n) is 5.76. The average Bonchev–Trinajstić information content (AvgIpc) is 2.68. The van der Waals surface area contributed by atoms with Gasteiger partial charge in [-0.15, -0.1) is 0 Å². The van der Waals surface area contributed by atoms with Gasteiger partial charge >= 0.3 is 0 Å². The van der Waals surface area contributed by atoms with Crippen molar-refractivity contribution in [3.8, 4) is 0 Å². The Morgan fingerprint density at radius 3 is 2.88 bits per heavy atom. The number of rotatable bonds is 4. The minimum Gasteiger partial charge on any atom is -0.439 e. The van der Waals surface area contributed by atoms with E-state index in [1.165, 1.54) is 0 Å². The van der Waals surface area contributed by atoms with E-state index in [2.05, 4.69) is 10.3 Å². The molecule has 4 heteroatoms. The fourth-order valence-electron chi connectivity index (χ4n) is 1.61. The predicted octanol–water partition coefficient (Wildman–Crippen LogP) is 2.49. The largest absolute Gasteiger partial charge is 0.439 e. The number of carbonyl (C=O) groups excluding carboxylic acids is 1. The third-order valence-electron chi connectivity index (χ3n) is 2.37. The van der Waals surface area contributed by atoms with Gasteiger partial charge in [-0.2, -0.15) is 0 Å². The fraction of sp³-hybridized carbons (Fsp3) is 0.385. The number of aromatic nitrogens is 1. The molecule has 0 radical (unpaired) electrons. The number of fused-ring (bicyclic) bond motifs is 1. The third-order valence-corrected chi connectivity index (χ3v) is 2.37. The molecule has 1 heterocycles. The van der Waals surface area contributed by atoms with E-state index >= 15 is 0 Å². The maximum Gasteiger partial charge on any atom is 0.220 e. The van der Waals surface area contributed by atoms with E-state index in [4.69, 9.17) is 4.42 Å². The topological polar surface area (TPSA) is 55.1 Å². The van der Waals surface area contributed by atoms with Gasteiger partial charge in [-0.1, -0.05) is 26.0 Å². The van der Waals surface area contributed by atoms with Crippen molar-refractivity contribution in [3.05, 3.63) is 30.2 Å². The molecule has 1 aromatic heterocycles. The summed E-state index contributed by atoms with van der Waals surface area (Å²) in [7, 11) is 0. The van der Waals surface area contributed by atoms with E-state index in [9.17, 15) is 4.79 Å². The second-order valence-electron chi connectivity index (χ2n) is 4.45. The van der Waals surface area contributed by atoms with Crippen molar-refractivity contribution in [3.63, 3.8) is 0 Å². The molecule has 1 aromatic carbocycles. The smallest absolute Gasteiger partial charge is 0.220 e. The highest BCUT2D eigenvalue weighted by molar-refractivity contribution is 5.76. The summed E-state index contributed by atoms with van der Waals surface area (Å²) in [6.07, 6.45) is 0.528. The highest BCUT2D eigenvalue weighted by Crippen LogP contribution is 2.14. The van der Waals surface area contributed by atoms with Gasteiger partial charge in [0.1, 0.15) is 5.52 Å². The molecule has 1 amide bonds. The van der Waals surface area contributed by atoms with E-state index < -0.39 is 0 Å². The Labute approximate surface area is 100 Å². The van der Waals surface area contributed by atoms with Crippen LogP contribution in [0.15, 0.2) is 28.7 Å². The summed E-state index contributed by atoms with van der Waals surface area (Å²) in [6, 6.07) is 7.56. The number of oxazole rings is 1. The van der Waals surface area contributed by atoms with Crippen LogP contribution in [0.5, 0.6) is 0 Å². The number of para-hydroxylation sites is 2. The Hall–Kier alpha value is -1.84. The molecule has 1 N–H and O–H groups in total. The Morgan fingerprint density at radius 1 is 1.41 bits per heavy atom. The predicted molar refractivity (Wildman–Crippen MR) is 65.3 cm³/mol. The molecule has 90 valence electrons. The number of nitrogens with zero attached hydrogens (tertiary/aromatic N) is 1. The molecule has 4 nitrogen and oxygen atoms in total. The zero-order valence-electron chi connectivity index (χ0n) is 10.1. The molecule has 0 saturated heterocycles. The van der Waals surface area contributed by atoms with Crippen molar-refractivity contribution in [1.29, 1.82) is 0 Å². The van der Waals surface area contributed by atoms with Crippen LogP contribution in [0.2, 0.25) is 0 Å². The number of amides is 1. The van der Waals surface area contributed by atoms with Gasteiger partial charge in [0.2, 0.25) is 11.8 Å². The fourth-order valence-corrected chi connectivity index (χ4v) is 1.61. The third kappa shape index (κ3) is 3.06. The highest BCUT2D eigenvalue weighted by Gasteiger charge is 2.08. The van der Waals surface area contributed by atoms with E-state index in [0.717, 1.165) is 11.1 Å². The van der Waals surface area contributed by atoms with Gasteiger partial charge in [0, 0.05) is 6.42 Å². The van der Waals surface area contributed by atoms with E-state index in [1.54, 1.807) is 0 Å². The van der Waals surface area contributed by atoms with Crippen LogP contribution in [-0.2, 0) is 11.3 Å². The average molecular weight is 232 g/mol. The lowest BCUT2D eigenvalue weighted by Gasteiger charge is -2.04. The first-order chi connectivity index (χ1) is 8.15. The Bertz CT molecular complexity index is 484. The standard InChI is InChI=1S/C13H16N2O2/c1-9(2)7-12(16)14-8-13-15-10-5-3-4-6-11(10)17-13/h3-6,9H,7-8H2,1-2H3,(H,14,16). The van der Waals surface area contributed by atoms with Crippen LogP contribution in [0, 0.1) is 5.92 Å². The number of hydrogen-bond donors (Lipinski definition) is 1. The zero-order valence-corrected chi connectivity index (χ0v) is 10.1. The molecule has 2 rings (SSSR count). The van der Waals surface area contributed by atoms with Crippen molar-refractivity contribution >= 4 is 17.0 Å². The zero-order chi connectivity index (χ0) is 12.3. The Kier molecular flexibility index (Phi) is 3.42. The van der Waals surface area contributed by atoms with Crippen molar-refractivity contribution < 1.29 is 9.21 Å². The number of hydrogen-bond acceptors (Lipinski definition) is 3. The van der Waals surface area contributed by atoms with Crippen LogP contribution in [-0.4, -0.2) is 10.9 Å². The van der Waals surface area contributed by atoms with Gasteiger partial charge in [-0.3, -0.25) is 4.79 Å². The van der Waals surface area contributed by atoms with Crippen LogP contribution in [0.4, 0.5) is 0 Å². The van der Waals surface area contributed by atoms with Crippen molar-refractivity contribution in [2.24, 2.45) is 5.92 Å². The van der Waals surface area contributed by atoms with Crippen molar-refractivity contribution in [2.75, 3.05) is 0 Å². The molecule has 0 atom stereocenters. The summed E-state index contributed by atoms with van der Waals surface area (Å²) in [5.41, 5.74) is 1.57. The molecule has 0 aliphatic heterocycles. The SMILES string of the molecule is CC(C)CC(=O)NCc1nc2ccccc2o1. The van der Waals surface area contributed by atoms with Crippen LogP contribution >= 0.6 is 0 Å². The molecule has 0 aliphatic rings. The quantitative estimate of drug-likeness (QED) is 0.881. The normalized spacial score (nSPS) is 11.0. The maximum absolute atomic E-state index is 11.5. The van der Waals surface area contributed by atoms with Crippen molar-refractivity contribution in [2.45, 2.75) is 26.8 Å². The lowest BCUT2D eigenvalue weighted by atomic mass is 10.1. The molecule has 0 unspecified atom stereocenters. The Morgan fingerprint density at radius 2 is 2.18 bits per heavy atom. The lowest BCUT2D eigenvalue weighted by Crippen LogP contribution is -2.23.